The minimum atomic E-state index is -2.81. The molecule has 0 saturated carbocycles. The monoisotopic (exact) mass is 360 g/mol. The zero-order valence-corrected chi connectivity index (χ0v) is 15.2. The van der Waals surface area contributed by atoms with Gasteiger partial charge in [0.15, 0.2) is 5.60 Å². The summed E-state index contributed by atoms with van der Waals surface area (Å²) in [5.74, 6) is -7.00. The van der Waals surface area contributed by atoms with E-state index in [1.165, 1.54) is 0 Å². The molecular weight excluding hydrogens is 328 g/mol. The highest BCUT2D eigenvalue weighted by atomic mass is 16.4. The molecule has 0 aliphatic heterocycles. The van der Waals surface area contributed by atoms with Gasteiger partial charge in [-0.1, -0.05) is 58.8 Å². The van der Waals surface area contributed by atoms with Crippen LogP contribution in [0.3, 0.4) is 0 Å². The summed E-state index contributed by atoms with van der Waals surface area (Å²) in [7, 11) is 0. The molecule has 0 rings (SSSR count). The summed E-state index contributed by atoms with van der Waals surface area (Å²) in [6.45, 7) is 4.03. The minimum absolute atomic E-state index is 0.455. The second kappa shape index (κ2) is 11.8. The van der Waals surface area contributed by atoms with E-state index in [1.807, 2.05) is 6.92 Å². The topological polar surface area (TPSA) is 132 Å². The van der Waals surface area contributed by atoms with Crippen molar-refractivity contribution in [3.63, 3.8) is 0 Å². The Morgan fingerprint density at radius 1 is 0.840 bits per heavy atom. The lowest BCUT2D eigenvalue weighted by Gasteiger charge is -2.34. The fourth-order valence-corrected chi connectivity index (χ4v) is 3.30. The molecule has 146 valence electrons. The SMILES string of the molecule is CCCCCCCC(CCCC)C(C(=O)O)C(O)(CC(=O)O)C(=O)O. The van der Waals surface area contributed by atoms with Gasteiger partial charge in [0.25, 0.3) is 0 Å². The van der Waals surface area contributed by atoms with Gasteiger partial charge >= 0.3 is 17.9 Å². The smallest absolute Gasteiger partial charge is 0.337 e. The maximum atomic E-state index is 11.8. The summed E-state index contributed by atoms with van der Waals surface area (Å²) in [5.41, 5.74) is -2.81. The second-order valence-electron chi connectivity index (χ2n) is 6.72. The van der Waals surface area contributed by atoms with Crippen molar-refractivity contribution in [3.8, 4) is 0 Å². The van der Waals surface area contributed by atoms with Crippen LogP contribution >= 0.6 is 0 Å². The zero-order valence-electron chi connectivity index (χ0n) is 15.2. The van der Waals surface area contributed by atoms with Crippen molar-refractivity contribution < 1.29 is 34.8 Å². The van der Waals surface area contributed by atoms with Crippen molar-refractivity contribution in [1.82, 2.24) is 0 Å². The van der Waals surface area contributed by atoms with Crippen LogP contribution in [0.15, 0.2) is 0 Å². The first kappa shape index (κ1) is 23.4. The van der Waals surface area contributed by atoms with E-state index in [4.69, 9.17) is 5.11 Å². The summed E-state index contributed by atoms with van der Waals surface area (Å²) < 4.78 is 0. The number of carboxylic acid groups (broad SMARTS) is 3. The van der Waals surface area contributed by atoms with Gasteiger partial charge in [-0.05, 0) is 18.8 Å². The summed E-state index contributed by atoms with van der Waals surface area (Å²) in [4.78, 5) is 34.3. The Morgan fingerprint density at radius 2 is 1.36 bits per heavy atom. The molecule has 0 amide bonds. The number of rotatable bonds is 15. The third-order valence-electron chi connectivity index (χ3n) is 4.65. The Bertz CT molecular complexity index is 435. The molecule has 3 atom stereocenters. The molecule has 0 bridgehead atoms. The third-order valence-corrected chi connectivity index (χ3v) is 4.65. The van der Waals surface area contributed by atoms with Crippen molar-refractivity contribution >= 4 is 17.9 Å². The lowest BCUT2D eigenvalue weighted by molar-refractivity contribution is -0.183. The molecule has 0 heterocycles. The second-order valence-corrected chi connectivity index (χ2v) is 6.72. The molecule has 7 nitrogen and oxygen atoms in total. The Labute approximate surface area is 149 Å². The third kappa shape index (κ3) is 7.86. The van der Waals surface area contributed by atoms with Crippen LogP contribution in [0, 0.1) is 11.8 Å². The Balaban J connectivity index is 5.38. The van der Waals surface area contributed by atoms with E-state index >= 15 is 0 Å². The summed E-state index contributed by atoms with van der Waals surface area (Å²) in [6.07, 6.45) is 6.13. The molecule has 0 aliphatic rings. The summed E-state index contributed by atoms with van der Waals surface area (Å²) in [6, 6.07) is 0. The van der Waals surface area contributed by atoms with Crippen molar-refractivity contribution in [3.05, 3.63) is 0 Å². The van der Waals surface area contributed by atoms with Crippen molar-refractivity contribution in [1.29, 1.82) is 0 Å². The first-order valence-corrected chi connectivity index (χ1v) is 9.11. The predicted molar refractivity (Wildman–Crippen MR) is 92.4 cm³/mol. The van der Waals surface area contributed by atoms with E-state index in [1.54, 1.807) is 0 Å². The predicted octanol–water partition coefficient (Wildman–Crippen LogP) is 3.14. The van der Waals surface area contributed by atoms with Gasteiger partial charge in [0.05, 0.1) is 12.3 Å². The van der Waals surface area contributed by atoms with Crippen LogP contribution in [0.1, 0.15) is 78.1 Å². The van der Waals surface area contributed by atoms with Crippen LogP contribution in [-0.2, 0) is 14.4 Å². The van der Waals surface area contributed by atoms with E-state index in [0.717, 1.165) is 38.5 Å². The van der Waals surface area contributed by atoms with Crippen molar-refractivity contribution in [2.75, 3.05) is 0 Å². The van der Waals surface area contributed by atoms with Crippen LogP contribution in [0.2, 0.25) is 0 Å². The van der Waals surface area contributed by atoms with E-state index in [-0.39, 0.29) is 0 Å². The lowest BCUT2D eigenvalue weighted by Crippen LogP contribution is -2.53. The molecule has 7 heteroatoms. The van der Waals surface area contributed by atoms with Crippen LogP contribution in [-0.4, -0.2) is 43.9 Å². The Kier molecular flexibility index (Phi) is 11.1. The largest absolute Gasteiger partial charge is 0.481 e. The zero-order chi connectivity index (χ0) is 19.5. The molecule has 25 heavy (non-hydrogen) atoms. The Hall–Kier alpha value is -1.63. The standard InChI is InChI=1S/C18H32O7/c1-3-5-7-8-9-11-13(10-6-4-2)15(16(21)22)18(25,17(23)24)12-14(19)20/h13,15,25H,3-12H2,1-2H3,(H,19,20)(H,21,22)(H,23,24). The van der Waals surface area contributed by atoms with Gasteiger partial charge in [-0.3, -0.25) is 9.59 Å². The molecule has 0 fully saturated rings. The van der Waals surface area contributed by atoms with E-state index < -0.39 is 41.8 Å². The maximum absolute atomic E-state index is 11.8. The fraction of sp³-hybridized carbons (Fsp3) is 0.833. The minimum Gasteiger partial charge on any atom is -0.481 e. The van der Waals surface area contributed by atoms with Crippen molar-refractivity contribution in [2.24, 2.45) is 11.8 Å². The van der Waals surface area contributed by atoms with Crippen LogP contribution < -0.4 is 0 Å². The molecule has 4 N–H and O–H groups in total. The number of unbranched alkanes of at least 4 members (excludes halogenated alkanes) is 5. The molecule has 0 aromatic rings. The molecule has 0 aromatic heterocycles. The molecule has 0 aromatic carbocycles. The van der Waals surface area contributed by atoms with E-state index in [2.05, 4.69) is 6.92 Å². The van der Waals surface area contributed by atoms with Gasteiger partial charge in [0.2, 0.25) is 0 Å². The van der Waals surface area contributed by atoms with Gasteiger partial charge in [0.1, 0.15) is 0 Å². The molecule has 3 unspecified atom stereocenters. The van der Waals surface area contributed by atoms with Crippen molar-refractivity contribution in [2.45, 2.75) is 83.7 Å². The Morgan fingerprint density at radius 3 is 1.80 bits per heavy atom. The lowest BCUT2D eigenvalue weighted by atomic mass is 9.72. The first-order valence-electron chi connectivity index (χ1n) is 9.11. The fourth-order valence-electron chi connectivity index (χ4n) is 3.30. The number of carbonyl (C=O) groups is 3. The average Bonchev–Trinajstić information content (AvgIpc) is 2.50. The normalized spacial score (nSPS) is 16.0. The number of aliphatic carboxylic acids is 3. The van der Waals surface area contributed by atoms with Gasteiger partial charge in [-0.25, -0.2) is 4.79 Å². The van der Waals surface area contributed by atoms with Crippen LogP contribution in [0.4, 0.5) is 0 Å². The van der Waals surface area contributed by atoms with Gasteiger partial charge in [-0.15, -0.1) is 0 Å². The van der Waals surface area contributed by atoms with Gasteiger partial charge < -0.3 is 20.4 Å². The van der Waals surface area contributed by atoms with Gasteiger partial charge in [-0.2, -0.15) is 0 Å². The molecule has 0 aliphatic carbocycles. The highest BCUT2D eigenvalue weighted by Gasteiger charge is 2.52. The number of aliphatic hydroxyl groups is 1. The quantitative estimate of drug-likeness (QED) is 0.330. The van der Waals surface area contributed by atoms with E-state index in [0.29, 0.717) is 19.3 Å². The van der Waals surface area contributed by atoms with Crippen LogP contribution in [0.5, 0.6) is 0 Å². The molecule has 0 saturated heterocycles. The number of hydrogen-bond donors (Lipinski definition) is 4. The summed E-state index contributed by atoms with van der Waals surface area (Å²) in [5, 5.41) is 38.3. The highest BCUT2D eigenvalue weighted by molar-refractivity contribution is 5.89. The first-order chi connectivity index (χ1) is 11.7. The van der Waals surface area contributed by atoms with Gasteiger partial charge in [0, 0.05) is 0 Å². The molecular formula is C18H32O7. The van der Waals surface area contributed by atoms with Crippen LogP contribution in [0.25, 0.3) is 0 Å². The molecule has 0 radical (unpaired) electrons. The average molecular weight is 360 g/mol. The number of hydrogen-bond acceptors (Lipinski definition) is 4. The number of carboxylic acids is 3. The van der Waals surface area contributed by atoms with E-state index in [9.17, 15) is 29.7 Å². The summed E-state index contributed by atoms with van der Waals surface area (Å²) >= 11 is 0. The maximum Gasteiger partial charge on any atom is 0.337 e. The highest BCUT2D eigenvalue weighted by Crippen LogP contribution is 2.35. The molecule has 0 spiro atoms.